The molecular weight excluding hydrogens is 264 g/mol. The van der Waals surface area contributed by atoms with Gasteiger partial charge >= 0.3 is 0 Å². The molecular formula is C17H18N2O2. The molecule has 21 heavy (non-hydrogen) atoms. The zero-order chi connectivity index (χ0) is 15.0. The summed E-state index contributed by atoms with van der Waals surface area (Å²) in [6, 6.07) is 13.0. The SMILES string of the molecule is Cc1c(O)cccc1C(=O)N1CCN(C)c2ccccc21. The second kappa shape index (κ2) is 5.13. The van der Waals surface area contributed by atoms with Gasteiger partial charge in [0, 0.05) is 31.3 Å². The number of anilines is 2. The number of hydrogen-bond donors (Lipinski definition) is 1. The molecule has 108 valence electrons. The minimum Gasteiger partial charge on any atom is -0.508 e. The zero-order valence-corrected chi connectivity index (χ0v) is 12.2. The summed E-state index contributed by atoms with van der Waals surface area (Å²) in [5, 5.41) is 9.81. The number of amides is 1. The van der Waals surface area contributed by atoms with Gasteiger partial charge in [-0.05, 0) is 31.2 Å². The van der Waals surface area contributed by atoms with Gasteiger partial charge in [0.25, 0.3) is 5.91 Å². The molecule has 3 rings (SSSR count). The highest BCUT2D eigenvalue weighted by atomic mass is 16.3. The Hall–Kier alpha value is -2.49. The number of benzene rings is 2. The predicted octanol–water partition coefficient (Wildman–Crippen LogP) is 2.80. The normalized spacial score (nSPS) is 14.0. The van der Waals surface area contributed by atoms with Crippen LogP contribution in [0.1, 0.15) is 15.9 Å². The van der Waals surface area contributed by atoms with Crippen molar-refractivity contribution in [3.05, 3.63) is 53.6 Å². The summed E-state index contributed by atoms with van der Waals surface area (Å²) in [4.78, 5) is 16.8. The standard InChI is InChI=1S/C17H18N2O2/c1-12-13(6-5-9-16(12)20)17(21)19-11-10-18(2)14-7-3-4-8-15(14)19/h3-9,20H,10-11H2,1-2H3. The monoisotopic (exact) mass is 282 g/mol. The highest BCUT2D eigenvalue weighted by Crippen LogP contribution is 2.33. The molecule has 0 atom stereocenters. The predicted molar refractivity (Wildman–Crippen MR) is 84.2 cm³/mol. The molecule has 1 aliphatic rings. The lowest BCUT2D eigenvalue weighted by Gasteiger charge is -2.35. The van der Waals surface area contributed by atoms with Crippen LogP contribution in [0.4, 0.5) is 11.4 Å². The van der Waals surface area contributed by atoms with Gasteiger partial charge in [-0.1, -0.05) is 18.2 Å². The van der Waals surface area contributed by atoms with E-state index in [0.717, 1.165) is 17.9 Å². The van der Waals surface area contributed by atoms with Crippen LogP contribution in [0.3, 0.4) is 0 Å². The van der Waals surface area contributed by atoms with Crippen molar-refractivity contribution in [1.82, 2.24) is 0 Å². The third-order valence-corrected chi connectivity index (χ3v) is 4.02. The van der Waals surface area contributed by atoms with E-state index in [2.05, 4.69) is 4.90 Å². The quantitative estimate of drug-likeness (QED) is 0.874. The molecule has 2 aromatic carbocycles. The average molecular weight is 282 g/mol. The Morgan fingerprint density at radius 1 is 1.05 bits per heavy atom. The van der Waals surface area contributed by atoms with Crippen molar-refractivity contribution >= 4 is 17.3 Å². The van der Waals surface area contributed by atoms with E-state index in [0.29, 0.717) is 17.7 Å². The van der Waals surface area contributed by atoms with Gasteiger partial charge in [0.1, 0.15) is 5.75 Å². The number of phenols is 1. The van der Waals surface area contributed by atoms with E-state index in [9.17, 15) is 9.90 Å². The maximum Gasteiger partial charge on any atom is 0.258 e. The first-order valence-corrected chi connectivity index (χ1v) is 7.00. The van der Waals surface area contributed by atoms with Crippen LogP contribution in [-0.2, 0) is 0 Å². The summed E-state index contributed by atoms with van der Waals surface area (Å²) in [6.45, 7) is 3.20. The summed E-state index contributed by atoms with van der Waals surface area (Å²) in [6.07, 6.45) is 0. The van der Waals surface area contributed by atoms with E-state index in [1.165, 1.54) is 0 Å². The molecule has 4 nitrogen and oxygen atoms in total. The second-order valence-electron chi connectivity index (χ2n) is 5.32. The zero-order valence-electron chi connectivity index (χ0n) is 12.2. The Morgan fingerprint density at radius 3 is 2.52 bits per heavy atom. The highest BCUT2D eigenvalue weighted by molar-refractivity contribution is 6.09. The first-order valence-electron chi connectivity index (χ1n) is 7.00. The maximum absolute atomic E-state index is 12.8. The Morgan fingerprint density at radius 2 is 1.76 bits per heavy atom. The molecule has 0 fully saturated rings. The molecule has 2 aromatic rings. The molecule has 0 spiro atoms. The molecule has 0 bridgehead atoms. The lowest BCUT2D eigenvalue weighted by Crippen LogP contribution is -2.42. The molecule has 1 N–H and O–H groups in total. The largest absolute Gasteiger partial charge is 0.508 e. The average Bonchev–Trinajstić information content (AvgIpc) is 2.50. The van der Waals surface area contributed by atoms with Crippen molar-refractivity contribution in [3.8, 4) is 5.75 Å². The van der Waals surface area contributed by atoms with Crippen LogP contribution in [0, 0.1) is 6.92 Å². The Kier molecular flexibility index (Phi) is 3.29. The van der Waals surface area contributed by atoms with Crippen LogP contribution in [0.5, 0.6) is 5.75 Å². The van der Waals surface area contributed by atoms with Gasteiger partial charge in [-0.15, -0.1) is 0 Å². The van der Waals surface area contributed by atoms with Crippen LogP contribution < -0.4 is 9.80 Å². The van der Waals surface area contributed by atoms with Gasteiger partial charge in [0.05, 0.1) is 11.4 Å². The van der Waals surface area contributed by atoms with E-state index in [4.69, 9.17) is 0 Å². The second-order valence-corrected chi connectivity index (χ2v) is 5.32. The lowest BCUT2D eigenvalue weighted by atomic mass is 10.0. The summed E-state index contributed by atoms with van der Waals surface area (Å²) in [5.41, 5.74) is 3.14. The van der Waals surface area contributed by atoms with E-state index in [1.54, 1.807) is 30.0 Å². The van der Waals surface area contributed by atoms with Crippen molar-refractivity contribution in [2.75, 3.05) is 29.9 Å². The fraction of sp³-hybridized carbons (Fsp3) is 0.235. The third kappa shape index (κ3) is 2.23. The topological polar surface area (TPSA) is 43.8 Å². The molecule has 0 unspecified atom stereocenters. The third-order valence-electron chi connectivity index (χ3n) is 4.02. The Balaban J connectivity index is 2.03. The lowest BCUT2D eigenvalue weighted by molar-refractivity contribution is 0.0985. The van der Waals surface area contributed by atoms with Crippen molar-refractivity contribution in [2.24, 2.45) is 0 Å². The molecule has 1 amide bonds. The number of carbonyl (C=O) groups is 1. The fourth-order valence-electron chi connectivity index (χ4n) is 2.72. The van der Waals surface area contributed by atoms with E-state index in [1.807, 2.05) is 31.3 Å². The minimum atomic E-state index is -0.0658. The number of fused-ring (bicyclic) bond motifs is 1. The first kappa shape index (κ1) is 13.5. The van der Waals surface area contributed by atoms with Crippen molar-refractivity contribution in [3.63, 3.8) is 0 Å². The maximum atomic E-state index is 12.8. The molecule has 1 aliphatic heterocycles. The molecule has 4 heteroatoms. The molecule has 0 aromatic heterocycles. The molecule has 0 saturated carbocycles. The Bertz CT molecular complexity index is 697. The number of rotatable bonds is 1. The summed E-state index contributed by atoms with van der Waals surface area (Å²) < 4.78 is 0. The van der Waals surface area contributed by atoms with Gasteiger partial charge in [-0.3, -0.25) is 4.79 Å². The number of para-hydroxylation sites is 2. The van der Waals surface area contributed by atoms with Gasteiger partial charge in [0.2, 0.25) is 0 Å². The number of likely N-dealkylation sites (N-methyl/N-ethyl adjacent to an activating group) is 1. The summed E-state index contributed by atoms with van der Waals surface area (Å²) in [5.74, 6) is 0.0900. The van der Waals surface area contributed by atoms with E-state index >= 15 is 0 Å². The van der Waals surface area contributed by atoms with Crippen LogP contribution in [-0.4, -0.2) is 31.2 Å². The van der Waals surface area contributed by atoms with Crippen LogP contribution >= 0.6 is 0 Å². The number of nitrogens with zero attached hydrogens (tertiary/aromatic N) is 2. The smallest absolute Gasteiger partial charge is 0.258 e. The van der Waals surface area contributed by atoms with Crippen LogP contribution in [0.25, 0.3) is 0 Å². The van der Waals surface area contributed by atoms with E-state index in [-0.39, 0.29) is 11.7 Å². The van der Waals surface area contributed by atoms with Gasteiger partial charge in [0.15, 0.2) is 0 Å². The summed E-state index contributed by atoms with van der Waals surface area (Å²) in [7, 11) is 2.03. The first-order chi connectivity index (χ1) is 10.1. The number of aromatic hydroxyl groups is 1. The molecule has 0 saturated heterocycles. The van der Waals surface area contributed by atoms with Crippen molar-refractivity contribution < 1.29 is 9.90 Å². The van der Waals surface area contributed by atoms with E-state index < -0.39 is 0 Å². The Labute approximate surface area is 124 Å². The van der Waals surface area contributed by atoms with Gasteiger partial charge in [-0.25, -0.2) is 0 Å². The number of hydrogen-bond acceptors (Lipinski definition) is 3. The van der Waals surface area contributed by atoms with Gasteiger partial charge < -0.3 is 14.9 Å². The summed E-state index contributed by atoms with van der Waals surface area (Å²) >= 11 is 0. The van der Waals surface area contributed by atoms with Gasteiger partial charge in [-0.2, -0.15) is 0 Å². The minimum absolute atomic E-state index is 0.0658. The molecule has 0 aliphatic carbocycles. The van der Waals surface area contributed by atoms with Crippen LogP contribution in [0.2, 0.25) is 0 Å². The van der Waals surface area contributed by atoms with Crippen molar-refractivity contribution in [2.45, 2.75) is 6.92 Å². The highest BCUT2D eigenvalue weighted by Gasteiger charge is 2.26. The number of phenolic OH excluding ortho intramolecular Hbond substituents is 1. The van der Waals surface area contributed by atoms with Crippen LogP contribution in [0.15, 0.2) is 42.5 Å². The molecule has 0 radical (unpaired) electrons. The number of carbonyl (C=O) groups excluding carboxylic acids is 1. The molecule has 1 heterocycles. The fourth-order valence-corrected chi connectivity index (χ4v) is 2.72. The van der Waals surface area contributed by atoms with Crippen molar-refractivity contribution in [1.29, 1.82) is 0 Å².